The summed E-state index contributed by atoms with van der Waals surface area (Å²) in [5.74, 6) is 0.0612. The molecule has 3 N–H and O–H groups in total. The van der Waals surface area contributed by atoms with Gasteiger partial charge in [0.15, 0.2) is 0 Å². The zero-order valence-corrected chi connectivity index (χ0v) is 11.4. The van der Waals surface area contributed by atoms with Crippen LogP contribution in [-0.4, -0.2) is 26.2 Å². The van der Waals surface area contributed by atoms with E-state index in [0.717, 1.165) is 36.9 Å². The molecule has 1 aromatic carbocycles. The van der Waals surface area contributed by atoms with Crippen LogP contribution in [-0.2, 0) is 16.0 Å². The molecule has 1 fully saturated rings. The number of para-hydroxylation sites is 1. The monoisotopic (exact) mass is 262 g/mol. The van der Waals surface area contributed by atoms with Crippen LogP contribution < -0.4 is 11.1 Å². The summed E-state index contributed by atoms with van der Waals surface area (Å²) in [6, 6.07) is 7.86. The number of carbonyl (C=O) groups excluding carboxylic acids is 1. The highest BCUT2D eigenvalue weighted by Gasteiger charge is 2.42. The molecule has 0 unspecified atom stereocenters. The number of methoxy groups -OCH3 is 1. The first-order valence-electron chi connectivity index (χ1n) is 6.80. The van der Waals surface area contributed by atoms with Crippen LogP contribution in [0.1, 0.15) is 24.8 Å². The fraction of sp³-hybridized carbons (Fsp3) is 0.533. The average molecular weight is 262 g/mol. The van der Waals surface area contributed by atoms with Gasteiger partial charge in [-0.2, -0.15) is 0 Å². The second-order valence-electron chi connectivity index (χ2n) is 5.19. The Bertz CT molecular complexity index is 436. The largest absolute Gasteiger partial charge is 0.384 e. The predicted molar refractivity (Wildman–Crippen MR) is 76.0 cm³/mol. The third-order valence-electron chi connectivity index (χ3n) is 4.02. The highest BCUT2D eigenvalue weighted by Crippen LogP contribution is 2.41. The second kappa shape index (κ2) is 6.17. The summed E-state index contributed by atoms with van der Waals surface area (Å²) in [5.41, 5.74) is 7.40. The number of ether oxygens (including phenoxy) is 1. The first-order chi connectivity index (χ1) is 9.22. The molecule has 0 radical (unpaired) electrons. The molecule has 0 aromatic heterocycles. The summed E-state index contributed by atoms with van der Waals surface area (Å²) < 4.78 is 5.09. The van der Waals surface area contributed by atoms with Crippen LogP contribution in [0.4, 0.5) is 5.69 Å². The van der Waals surface area contributed by atoms with Crippen molar-refractivity contribution in [3.05, 3.63) is 29.8 Å². The van der Waals surface area contributed by atoms with Gasteiger partial charge in [0.05, 0.1) is 12.0 Å². The molecule has 4 nitrogen and oxygen atoms in total. The second-order valence-corrected chi connectivity index (χ2v) is 5.19. The van der Waals surface area contributed by atoms with Crippen molar-refractivity contribution in [1.82, 2.24) is 0 Å². The Balaban J connectivity index is 2.08. The molecule has 1 saturated carbocycles. The molecule has 0 heterocycles. The fourth-order valence-electron chi connectivity index (χ4n) is 2.45. The number of carbonyl (C=O) groups is 1. The molecule has 2 rings (SSSR count). The Kier molecular flexibility index (Phi) is 4.56. The number of amides is 1. The lowest BCUT2D eigenvalue weighted by molar-refractivity contribution is -0.129. The van der Waals surface area contributed by atoms with E-state index in [-0.39, 0.29) is 11.3 Å². The molecule has 0 saturated heterocycles. The first-order valence-corrected chi connectivity index (χ1v) is 6.80. The van der Waals surface area contributed by atoms with E-state index in [4.69, 9.17) is 10.5 Å². The van der Waals surface area contributed by atoms with Gasteiger partial charge in [0.1, 0.15) is 0 Å². The molecule has 19 heavy (non-hydrogen) atoms. The van der Waals surface area contributed by atoms with Gasteiger partial charge in [-0.1, -0.05) is 24.6 Å². The molecule has 0 aliphatic heterocycles. The Labute approximate surface area is 114 Å². The predicted octanol–water partition coefficient (Wildman–Crippen LogP) is 1.94. The molecule has 1 amide bonds. The van der Waals surface area contributed by atoms with Crippen molar-refractivity contribution in [2.45, 2.75) is 25.7 Å². The van der Waals surface area contributed by atoms with Crippen molar-refractivity contribution in [2.75, 3.05) is 25.6 Å². The summed E-state index contributed by atoms with van der Waals surface area (Å²) in [5, 5.41) is 3.04. The minimum absolute atomic E-state index is 0.0612. The lowest BCUT2D eigenvalue weighted by atomic mass is 9.68. The van der Waals surface area contributed by atoms with Gasteiger partial charge in [-0.05, 0) is 30.9 Å². The number of nitrogens with two attached hydrogens (primary N) is 1. The molecule has 104 valence electrons. The zero-order chi connectivity index (χ0) is 13.7. The first kappa shape index (κ1) is 14.0. The molecule has 4 heteroatoms. The van der Waals surface area contributed by atoms with E-state index in [9.17, 15) is 4.79 Å². The summed E-state index contributed by atoms with van der Waals surface area (Å²) in [6.45, 7) is 1.08. The summed E-state index contributed by atoms with van der Waals surface area (Å²) in [6.07, 6.45) is 3.68. The summed E-state index contributed by atoms with van der Waals surface area (Å²) in [4.78, 5) is 12.4. The standard InChI is InChI=1S/C15H22N2O2/c1-19-10-7-12-5-2-3-6-13(12)17-14(18)15(11-16)8-4-9-15/h2-3,5-6H,4,7-11,16H2,1H3,(H,17,18). The smallest absolute Gasteiger partial charge is 0.231 e. The van der Waals surface area contributed by atoms with Crippen molar-refractivity contribution in [3.8, 4) is 0 Å². The third kappa shape index (κ3) is 2.96. The highest BCUT2D eigenvalue weighted by molar-refractivity contribution is 5.96. The molecular formula is C15H22N2O2. The summed E-state index contributed by atoms with van der Waals surface area (Å²) >= 11 is 0. The fourth-order valence-corrected chi connectivity index (χ4v) is 2.45. The van der Waals surface area contributed by atoms with Crippen LogP contribution >= 0.6 is 0 Å². The Hall–Kier alpha value is -1.39. The van der Waals surface area contributed by atoms with Crippen molar-refractivity contribution >= 4 is 11.6 Å². The number of hydrogen-bond donors (Lipinski definition) is 2. The Morgan fingerprint density at radius 3 is 2.74 bits per heavy atom. The molecule has 1 aliphatic carbocycles. The van der Waals surface area contributed by atoms with E-state index in [2.05, 4.69) is 5.32 Å². The maximum atomic E-state index is 12.4. The average Bonchev–Trinajstić information content (AvgIpc) is 2.37. The molecular weight excluding hydrogens is 240 g/mol. The maximum Gasteiger partial charge on any atom is 0.231 e. The van der Waals surface area contributed by atoms with Gasteiger partial charge in [0.2, 0.25) is 5.91 Å². The van der Waals surface area contributed by atoms with Gasteiger partial charge in [-0.3, -0.25) is 4.79 Å². The summed E-state index contributed by atoms with van der Waals surface area (Å²) in [7, 11) is 1.68. The van der Waals surface area contributed by atoms with Crippen molar-refractivity contribution in [1.29, 1.82) is 0 Å². The molecule has 0 spiro atoms. The van der Waals surface area contributed by atoms with Gasteiger partial charge in [0, 0.05) is 19.3 Å². The lowest BCUT2D eigenvalue weighted by Crippen LogP contribution is -2.47. The Morgan fingerprint density at radius 2 is 2.16 bits per heavy atom. The number of anilines is 1. The molecule has 1 aromatic rings. The minimum Gasteiger partial charge on any atom is -0.384 e. The number of rotatable bonds is 6. The minimum atomic E-state index is -0.339. The van der Waals surface area contributed by atoms with Crippen LogP contribution in [0.25, 0.3) is 0 Å². The zero-order valence-electron chi connectivity index (χ0n) is 11.4. The van der Waals surface area contributed by atoms with Crippen LogP contribution in [0.3, 0.4) is 0 Å². The quantitative estimate of drug-likeness (QED) is 0.823. The van der Waals surface area contributed by atoms with Gasteiger partial charge < -0.3 is 15.8 Å². The Morgan fingerprint density at radius 1 is 1.42 bits per heavy atom. The lowest BCUT2D eigenvalue weighted by Gasteiger charge is -2.39. The molecule has 0 bridgehead atoms. The van der Waals surface area contributed by atoms with E-state index in [1.54, 1.807) is 7.11 Å². The van der Waals surface area contributed by atoms with Gasteiger partial charge in [-0.15, -0.1) is 0 Å². The highest BCUT2D eigenvalue weighted by atomic mass is 16.5. The topological polar surface area (TPSA) is 64.3 Å². The van der Waals surface area contributed by atoms with Crippen molar-refractivity contribution in [2.24, 2.45) is 11.1 Å². The molecule has 0 atom stereocenters. The number of benzene rings is 1. The van der Waals surface area contributed by atoms with E-state index in [1.165, 1.54) is 0 Å². The number of nitrogens with one attached hydrogen (secondary N) is 1. The third-order valence-corrected chi connectivity index (χ3v) is 4.02. The van der Waals surface area contributed by atoms with E-state index in [1.807, 2.05) is 24.3 Å². The van der Waals surface area contributed by atoms with E-state index in [0.29, 0.717) is 13.2 Å². The maximum absolute atomic E-state index is 12.4. The number of hydrogen-bond acceptors (Lipinski definition) is 3. The van der Waals surface area contributed by atoms with Crippen molar-refractivity contribution in [3.63, 3.8) is 0 Å². The molecule has 1 aliphatic rings. The van der Waals surface area contributed by atoms with Gasteiger partial charge in [-0.25, -0.2) is 0 Å². The van der Waals surface area contributed by atoms with Crippen LogP contribution in [0, 0.1) is 5.41 Å². The normalized spacial score (nSPS) is 16.7. The van der Waals surface area contributed by atoms with Gasteiger partial charge >= 0.3 is 0 Å². The van der Waals surface area contributed by atoms with Crippen LogP contribution in [0.5, 0.6) is 0 Å². The van der Waals surface area contributed by atoms with Crippen LogP contribution in [0.2, 0.25) is 0 Å². The SMILES string of the molecule is COCCc1ccccc1NC(=O)C1(CN)CCC1. The van der Waals surface area contributed by atoms with E-state index < -0.39 is 0 Å². The van der Waals surface area contributed by atoms with Crippen molar-refractivity contribution < 1.29 is 9.53 Å². The van der Waals surface area contributed by atoms with Gasteiger partial charge in [0.25, 0.3) is 0 Å². The van der Waals surface area contributed by atoms with Crippen LogP contribution in [0.15, 0.2) is 24.3 Å². The van der Waals surface area contributed by atoms with E-state index >= 15 is 0 Å².